The summed E-state index contributed by atoms with van der Waals surface area (Å²) in [6.07, 6.45) is -0.827. The van der Waals surface area contributed by atoms with Crippen molar-refractivity contribution in [3.05, 3.63) is 53.1 Å². The predicted molar refractivity (Wildman–Crippen MR) is 112 cm³/mol. The van der Waals surface area contributed by atoms with Crippen LogP contribution in [0.15, 0.2) is 41.3 Å². The normalized spacial score (nSPS) is 12.5. The number of hydrogen-bond donors (Lipinski definition) is 1. The maximum Gasteiger partial charge on any atom is 0.265 e. The van der Waals surface area contributed by atoms with Gasteiger partial charge in [0.2, 0.25) is 10.0 Å². The third-order valence-corrected chi connectivity index (χ3v) is 6.41. The summed E-state index contributed by atoms with van der Waals surface area (Å²) in [5, 5.41) is 2.75. The number of ketones is 1. The van der Waals surface area contributed by atoms with E-state index in [0.717, 1.165) is 15.4 Å². The number of Topliss-reactive ketones (excluding diaryl/α,β-unsaturated/α-hetero) is 1. The van der Waals surface area contributed by atoms with Crippen LogP contribution in [-0.4, -0.2) is 44.6 Å². The van der Waals surface area contributed by atoms with Crippen molar-refractivity contribution < 1.29 is 22.7 Å². The third kappa shape index (κ3) is 5.21. The zero-order valence-corrected chi connectivity index (χ0v) is 18.3. The Labute approximate surface area is 171 Å². The fourth-order valence-corrected chi connectivity index (χ4v) is 3.59. The summed E-state index contributed by atoms with van der Waals surface area (Å²) in [4.78, 5) is 24.0. The molecule has 8 heteroatoms. The number of benzene rings is 2. The Morgan fingerprint density at radius 3 is 2.17 bits per heavy atom. The van der Waals surface area contributed by atoms with Gasteiger partial charge in [0.05, 0.1) is 4.90 Å². The molecule has 2 aromatic rings. The van der Waals surface area contributed by atoms with Gasteiger partial charge >= 0.3 is 0 Å². The SMILES string of the molecule is CC(=O)c1ccc(OC(C)C(=O)Nc2cc(S(=O)(=O)N(C)C)cc(C)c2C)cc1. The Hall–Kier alpha value is -2.71. The van der Waals surface area contributed by atoms with E-state index in [1.54, 1.807) is 44.2 Å². The Kier molecular flexibility index (Phi) is 6.81. The molecule has 7 nitrogen and oxygen atoms in total. The van der Waals surface area contributed by atoms with Crippen LogP contribution in [0.4, 0.5) is 5.69 Å². The predicted octanol–water partition coefficient (Wildman–Crippen LogP) is 3.16. The number of nitrogens with zero attached hydrogens (tertiary/aromatic N) is 1. The van der Waals surface area contributed by atoms with E-state index in [1.807, 2.05) is 6.92 Å². The van der Waals surface area contributed by atoms with Gasteiger partial charge in [-0.3, -0.25) is 9.59 Å². The number of hydrogen-bond acceptors (Lipinski definition) is 5. The molecular weight excluding hydrogens is 392 g/mol. The minimum atomic E-state index is -3.63. The second-order valence-electron chi connectivity index (χ2n) is 7.03. The van der Waals surface area contributed by atoms with Crippen LogP contribution in [-0.2, 0) is 14.8 Å². The largest absolute Gasteiger partial charge is 0.481 e. The Balaban J connectivity index is 2.21. The molecule has 0 fully saturated rings. The number of rotatable bonds is 7. The van der Waals surface area contributed by atoms with Crippen LogP contribution in [0.5, 0.6) is 5.75 Å². The van der Waals surface area contributed by atoms with Gasteiger partial charge in [0, 0.05) is 25.3 Å². The van der Waals surface area contributed by atoms with Gasteiger partial charge in [0.1, 0.15) is 5.75 Å². The van der Waals surface area contributed by atoms with E-state index in [9.17, 15) is 18.0 Å². The van der Waals surface area contributed by atoms with E-state index in [4.69, 9.17) is 4.74 Å². The lowest BCUT2D eigenvalue weighted by atomic mass is 10.1. The van der Waals surface area contributed by atoms with Crippen LogP contribution in [0, 0.1) is 13.8 Å². The summed E-state index contributed by atoms with van der Waals surface area (Å²) >= 11 is 0. The van der Waals surface area contributed by atoms with Gasteiger partial charge in [0.25, 0.3) is 5.91 Å². The zero-order chi connectivity index (χ0) is 21.9. The standard InChI is InChI=1S/C21H26N2O5S/c1-13-11-19(29(26,27)23(5)6)12-20(14(13)2)22-21(25)16(4)28-18-9-7-17(8-10-18)15(3)24/h7-12,16H,1-6H3,(H,22,25). The van der Waals surface area contributed by atoms with Crippen molar-refractivity contribution in [3.8, 4) is 5.75 Å². The highest BCUT2D eigenvalue weighted by molar-refractivity contribution is 7.89. The van der Waals surface area contributed by atoms with Crippen LogP contribution in [0.1, 0.15) is 35.3 Å². The maximum absolute atomic E-state index is 12.6. The molecule has 0 heterocycles. The fourth-order valence-electron chi connectivity index (χ4n) is 2.58. The van der Waals surface area contributed by atoms with Crippen molar-refractivity contribution in [1.82, 2.24) is 4.31 Å². The number of sulfonamides is 1. The van der Waals surface area contributed by atoms with E-state index in [2.05, 4.69) is 5.32 Å². The molecule has 2 rings (SSSR count). The summed E-state index contributed by atoms with van der Waals surface area (Å²) in [5.41, 5.74) is 2.49. The van der Waals surface area contributed by atoms with Crippen molar-refractivity contribution in [1.29, 1.82) is 0 Å². The average Bonchev–Trinajstić information content (AvgIpc) is 2.65. The molecule has 0 aliphatic heterocycles. The molecule has 0 saturated heterocycles. The van der Waals surface area contributed by atoms with Crippen molar-refractivity contribution >= 4 is 27.4 Å². The van der Waals surface area contributed by atoms with Gasteiger partial charge in [-0.05, 0) is 75.2 Å². The molecule has 0 spiro atoms. The molecule has 1 unspecified atom stereocenters. The summed E-state index contributed by atoms with van der Waals surface area (Å²) in [5.74, 6) is -0.0159. The van der Waals surface area contributed by atoms with E-state index in [-0.39, 0.29) is 10.7 Å². The van der Waals surface area contributed by atoms with E-state index in [0.29, 0.717) is 17.0 Å². The highest BCUT2D eigenvalue weighted by Crippen LogP contribution is 2.26. The minimum Gasteiger partial charge on any atom is -0.481 e. The molecule has 1 N–H and O–H groups in total. The summed E-state index contributed by atoms with van der Waals surface area (Å²) in [7, 11) is -0.722. The lowest BCUT2D eigenvalue weighted by Crippen LogP contribution is -2.30. The zero-order valence-electron chi connectivity index (χ0n) is 17.4. The van der Waals surface area contributed by atoms with Crippen LogP contribution in [0.3, 0.4) is 0 Å². The lowest BCUT2D eigenvalue weighted by molar-refractivity contribution is -0.122. The smallest absolute Gasteiger partial charge is 0.265 e. The summed E-state index contributed by atoms with van der Waals surface area (Å²) in [6, 6.07) is 9.54. The molecule has 0 saturated carbocycles. The van der Waals surface area contributed by atoms with Crippen molar-refractivity contribution in [2.24, 2.45) is 0 Å². The minimum absolute atomic E-state index is 0.0549. The van der Waals surface area contributed by atoms with Crippen LogP contribution in [0.25, 0.3) is 0 Å². The van der Waals surface area contributed by atoms with Gasteiger partial charge in [0.15, 0.2) is 11.9 Å². The monoisotopic (exact) mass is 418 g/mol. The van der Waals surface area contributed by atoms with Crippen LogP contribution >= 0.6 is 0 Å². The first-order valence-electron chi connectivity index (χ1n) is 9.05. The fraction of sp³-hybridized carbons (Fsp3) is 0.333. The third-order valence-electron chi connectivity index (χ3n) is 4.62. The van der Waals surface area contributed by atoms with E-state index < -0.39 is 22.0 Å². The van der Waals surface area contributed by atoms with Gasteiger partial charge in [-0.15, -0.1) is 0 Å². The highest BCUT2D eigenvalue weighted by atomic mass is 32.2. The number of ether oxygens (including phenoxy) is 1. The Bertz CT molecular complexity index is 1030. The van der Waals surface area contributed by atoms with Gasteiger partial charge in [-0.1, -0.05) is 0 Å². The van der Waals surface area contributed by atoms with Gasteiger partial charge in [-0.25, -0.2) is 12.7 Å². The van der Waals surface area contributed by atoms with Crippen molar-refractivity contribution in [3.63, 3.8) is 0 Å². The molecule has 2 aromatic carbocycles. The number of amides is 1. The number of nitrogens with one attached hydrogen (secondary N) is 1. The topological polar surface area (TPSA) is 92.8 Å². The maximum atomic E-state index is 12.6. The molecule has 0 aliphatic carbocycles. The van der Waals surface area contributed by atoms with Crippen molar-refractivity contribution in [2.45, 2.75) is 38.7 Å². The van der Waals surface area contributed by atoms with Crippen molar-refractivity contribution in [2.75, 3.05) is 19.4 Å². The molecular formula is C21H26N2O5S. The number of carbonyl (C=O) groups is 2. The highest BCUT2D eigenvalue weighted by Gasteiger charge is 2.22. The molecule has 0 radical (unpaired) electrons. The molecule has 1 atom stereocenters. The first-order chi connectivity index (χ1) is 13.4. The summed E-state index contributed by atoms with van der Waals surface area (Å²) in [6.45, 7) is 6.66. The van der Waals surface area contributed by atoms with Crippen LogP contribution < -0.4 is 10.1 Å². The number of carbonyl (C=O) groups excluding carboxylic acids is 2. The average molecular weight is 419 g/mol. The summed E-state index contributed by atoms with van der Waals surface area (Å²) < 4.78 is 31.7. The van der Waals surface area contributed by atoms with E-state index >= 15 is 0 Å². The quantitative estimate of drug-likeness (QED) is 0.697. The van der Waals surface area contributed by atoms with E-state index in [1.165, 1.54) is 27.1 Å². The van der Waals surface area contributed by atoms with Gasteiger partial charge in [-0.2, -0.15) is 0 Å². The first kappa shape index (κ1) is 22.6. The number of aryl methyl sites for hydroxylation is 1. The molecule has 0 aliphatic rings. The lowest BCUT2D eigenvalue weighted by Gasteiger charge is -2.19. The Morgan fingerprint density at radius 1 is 1.07 bits per heavy atom. The van der Waals surface area contributed by atoms with Gasteiger partial charge < -0.3 is 10.1 Å². The molecule has 0 aromatic heterocycles. The second kappa shape index (κ2) is 8.75. The first-order valence-corrected chi connectivity index (χ1v) is 10.5. The second-order valence-corrected chi connectivity index (χ2v) is 9.18. The molecule has 1 amide bonds. The molecule has 29 heavy (non-hydrogen) atoms. The molecule has 156 valence electrons. The molecule has 0 bridgehead atoms. The Morgan fingerprint density at radius 2 is 1.66 bits per heavy atom. The number of anilines is 1. The van der Waals surface area contributed by atoms with Crippen LogP contribution in [0.2, 0.25) is 0 Å².